The van der Waals surface area contributed by atoms with Gasteiger partial charge in [-0.3, -0.25) is 9.36 Å². The van der Waals surface area contributed by atoms with Crippen LogP contribution < -0.4 is 15.5 Å². The molecule has 2 aromatic heterocycles. The maximum atomic E-state index is 13.5. The highest BCUT2D eigenvalue weighted by Crippen LogP contribution is 2.29. The van der Waals surface area contributed by atoms with Crippen LogP contribution in [0.5, 0.6) is 0 Å². The minimum absolute atomic E-state index is 0.0313. The molecule has 1 amide bonds. The maximum absolute atomic E-state index is 13.5. The zero-order valence-corrected chi connectivity index (χ0v) is 21.7. The van der Waals surface area contributed by atoms with Crippen LogP contribution in [0.4, 0.5) is 11.8 Å². The molecule has 2 aliphatic rings. The maximum Gasteiger partial charge on any atom is 0.242 e. The summed E-state index contributed by atoms with van der Waals surface area (Å²) in [7, 11) is 0. The van der Waals surface area contributed by atoms with Crippen molar-refractivity contribution in [2.24, 2.45) is 5.92 Å². The highest BCUT2D eigenvalue weighted by molar-refractivity contribution is 6.30. The molecule has 3 heterocycles. The van der Waals surface area contributed by atoms with E-state index < -0.39 is 6.04 Å². The van der Waals surface area contributed by atoms with Crippen molar-refractivity contribution in [2.75, 3.05) is 36.5 Å². The van der Waals surface area contributed by atoms with Crippen LogP contribution >= 0.6 is 11.6 Å². The molecule has 9 nitrogen and oxygen atoms in total. The van der Waals surface area contributed by atoms with Gasteiger partial charge in [0.05, 0.1) is 13.2 Å². The summed E-state index contributed by atoms with van der Waals surface area (Å²) in [6, 6.07) is 9.02. The third-order valence-corrected chi connectivity index (χ3v) is 7.33. The summed E-state index contributed by atoms with van der Waals surface area (Å²) in [5, 5.41) is 7.28. The van der Waals surface area contributed by atoms with E-state index in [1.165, 1.54) is 19.3 Å². The minimum Gasteiger partial charge on any atom is -0.378 e. The highest BCUT2D eigenvalue weighted by atomic mass is 35.5. The van der Waals surface area contributed by atoms with Crippen molar-refractivity contribution in [3.05, 3.63) is 59.6 Å². The standard InChI is InChI=1S/C27H34ClN7O2/c28-22-8-6-21(7-9-22)18-30-26(36)23(16-20-4-2-1-3-5-20)31-24-17-25(35-11-10-29-19-35)33-27(32-24)34-12-14-37-15-13-34/h6-11,17,19-20,23H,1-5,12-16,18H2,(H,30,36)(H,31,32,33)/t23-/m1/s1. The first-order valence-electron chi connectivity index (χ1n) is 13.1. The second-order valence-electron chi connectivity index (χ2n) is 9.76. The van der Waals surface area contributed by atoms with Crippen LogP contribution in [0.25, 0.3) is 5.82 Å². The summed E-state index contributed by atoms with van der Waals surface area (Å²) >= 11 is 6.02. The average Bonchev–Trinajstić information content (AvgIpc) is 3.49. The fourth-order valence-corrected chi connectivity index (χ4v) is 5.13. The lowest BCUT2D eigenvalue weighted by atomic mass is 9.84. The molecule has 1 saturated carbocycles. The molecule has 0 spiro atoms. The summed E-state index contributed by atoms with van der Waals surface area (Å²) in [6.07, 6.45) is 12.1. The van der Waals surface area contributed by atoms with Gasteiger partial charge in [0.25, 0.3) is 0 Å². The molecule has 0 unspecified atom stereocenters. The number of hydrogen-bond donors (Lipinski definition) is 2. The zero-order valence-electron chi connectivity index (χ0n) is 21.0. The molecule has 196 valence electrons. The van der Waals surface area contributed by atoms with Crippen molar-refractivity contribution in [3.63, 3.8) is 0 Å². The van der Waals surface area contributed by atoms with Crippen LogP contribution in [0.3, 0.4) is 0 Å². The molecular formula is C27H34ClN7O2. The highest BCUT2D eigenvalue weighted by Gasteiger charge is 2.26. The van der Waals surface area contributed by atoms with Gasteiger partial charge in [0.2, 0.25) is 11.9 Å². The van der Waals surface area contributed by atoms with E-state index in [4.69, 9.17) is 26.3 Å². The molecule has 10 heteroatoms. The molecular weight excluding hydrogens is 490 g/mol. The van der Waals surface area contributed by atoms with Crippen molar-refractivity contribution < 1.29 is 9.53 Å². The minimum atomic E-state index is -0.404. The Balaban J connectivity index is 1.37. The van der Waals surface area contributed by atoms with Gasteiger partial charge in [-0.1, -0.05) is 55.8 Å². The first kappa shape index (κ1) is 25.5. The van der Waals surface area contributed by atoms with E-state index in [1.54, 1.807) is 12.5 Å². The average molecular weight is 524 g/mol. The molecule has 0 bridgehead atoms. The number of carbonyl (C=O) groups excluding carboxylic acids is 1. The predicted octanol–water partition coefficient (Wildman–Crippen LogP) is 4.22. The molecule has 5 rings (SSSR count). The Morgan fingerprint density at radius 3 is 2.62 bits per heavy atom. The van der Waals surface area contributed by atoms with Gasteiger partial charge in [-0.05, 0) is 30.0 Å². The number of halogens is 1. The molecule has 1 atom stereocenters. The third-order valence-electron chi connectivity index (χ3n) is 7.08. The SMILES string of the molecule is O=C(NCc1ccc(Cl)cc1)[C@@H](CC1CCCCC1)Nc1cc(-n2ccnc2)nc(N2CCOCC2)n1. The number of ether oxygens (including phenoxy) is 1. The number of amides is 1. The van der Waals surface area contributed by atoms with E-state index in [0.717, 1.165) is 37.9 Å². The normalized spacial score (nSPS) is 17.4. The quantitative estimate of drug-likeness (QED) is 0.433. The Morgan fingerprint density at radius 1 is 1.11 bits per heavy atom. The lowest BCUT2D eigenvalue weighted by Crippen LogP contribution is -2.41. The zero-order chi connectivity index (χ0) is 25.5. The second kappa shape index (κ2) is 12.4. The Bertz CT molecular complexity index is 1140. The van der Waals surface area contributed by atoms with E-state index in [2.05, 4.69) is 20.5 Å². The summed E-state index contributed by atoms with van der Waals surface area (Å²) < 4.78 is 7.37. The van der Waals surface area contributed by atoms with Gasteiger partial charge in [-0.25, -0.2) is 4.98 Å². The van der Waals surface area contributed by atoms with Gasteiger partial charge in [0, 0.05) is 43.1 Å². The van der Waals surface area contributed by atoms with Gasteiger partial charge in [-0.15, -0.1) is 0 Å². The third kappa shape index (κ3) is 6.99. The molecule has 1 saturated heterocycles. The Labute approximate surface area is 222 Å². The van der Waals surface area contributed by atoms with Gasteiger partial charge in [-0.2, -0.15) is 9.97 Å². The van der Waals surface area contributed by atoms with Crippen LogP contribution in [0.2, 0.25) is 5.02 Å². The molecule has 0 radical (unpaired) electrons. The van der Waals surface area contributed by atoms with Crippen molar-refractivity contribution in [3.8, 4) is 5.82 Å². The number of nitrogens with zero attached hydrogens (tertiary/aromatic N) is 5. The van der Waals surface area contributed by atoms with Gasteiger partial charge in [0.1, 0.15) is 24.0 Å². The molecule has 37 heavy (non-hydrogen) atoms. The number of morpholine rings is 1. The molecule has 2 N–H and O–H groups in total. The predicted molar refractivity (Wildman–Crippen MR) is 144 cm³/mol. The van der Waals surface area contributed by atoms with Crippen LogP contribution in [-0.4, -0.2) is 57.8 Å². The second-order valence-corrected chi connectivity index (χ2v) is 10.2. The largest absolute Gasteiger partial charge is 0.378 e. The summed E-state index contributed by atoms with van der Waals surface area (Å²) in [6.45, 7) is 3.17. The van der Waals surface area contributed by atoms with E-state index >= 15 is 0 Å². The van der Waals surface area contributed by atoms with E-state index in [0.29, 0.717) is 48.3 Å². The van der Waals surface area contributed by atoms with E-state index in [1.807, 2.05) is 41.1 Å². The Morgan fingerprint density at radius 2 is 1.89 bits per heavy atom. The van der Waals surface area contributed by atoms with Crippen molar-refractivity contribution in [1.82, 2.24) is 24.8 Å². The number of carbonyl (C=O) groups is 1. The summed E-state index contributed by atoms with van der Waals surface area (Å²) in [5.41, 5.74) is 1.01. The number of imidazole rings is 1. The molecule has 1 aromatic carbocycles. The molecule has 1 aliphatic carbocycles. The molecule has 1 aliphatic heterocycles. The van der Waals surface area contributed by atoms with Gasteiger partial charge < -0.3 is 20.3 Å². The molecule has 3 aromatic rings. The smallest absolute Gasteiger partial charge is 0.242 e. The summed E-state index contributed by atoms with van der Waals surface area (Å²) in [5.74, 6) is 2.43. The number of benzene rings is 1. The lowest BCUT2D eigenvalue weighted by molar-refractivity contribution is -0.122. The Hall–Kier alpha value is -3.17. The fraction of sp³-hybridized carbons (Fsp3) is 0.481. The number of nitrogens with one attached hydrogen (secondary N) is 2. The molecule has 2 fully saturated rings. The van der Waals surface area contributed by atoms with Crippen molar-refractivity contribution >= 4 is 29.3 Å². The van der Waals surface area contributed by atoms with Crippen LogP contribution in [0.15, 0.2) is 49.1 Å². The van der Waals surface area contributed by atoms with Gasteiger partial charge in [0.15, 0.2) is 0 Å². The number of aromatic nitrogens is 4. The first-order valence-corrected chi connectivity index (χ1v) is 13.5. The van der Waals surface area contributed by atoms with Crippen molar-refractivity contribution in [1.29, 1.82) is 0 Å². The Kier molecular flexibility index (Phi) is 8.53. The lowest BCUT2D eigenvalue weighted by Gasteiger charge is -2.29. The summed E-state index contributed by atoms with van der Waals surface area (Å²) in [4.78, 5) is 29.4. The van der Waals surface area contributed by atoms with Gasteiger partial charge >= 0.3 is 0 Å². The number of anilines is 2. The first-order chi connectivity index (χ1) is 18.1. The van der Waals surface area contributed by atoms with Crippen molar-refractivity contribution in [2.45, 2.75) is 51.1 Å². The monoisotopic (exact) mass is 523 g/mol. The number of hydrogen-bond acceptors (Lipinski definition) is 7. The topological polar surface area (TPSA) is 97.2 Å². The van der Waals surface area contributed by atoms with Crippen LogP contribution in [-0.2, 0) is 16.1 Å². The van der Waals surface area contributed by atoms with Crippen LogP contribution in [0, 0.1) is 5.92 Å². The van der Waals surface area contributed by atoms with Crippen LogP contribution in [0.1, 0.15) is 44.1 Å². The number of rotatable bonds is 9. The fourth-order valence-electron chi connectivity index (χ4n) is 5.01. The van der Waals surface area contributed by atoms with E-state index in [-0.39, 0.29) is 5.91 Å². The van der Waals surface area contributed by atoms with E-state index in [9.17, 15) is 4.79 Å².